The third-order valence-corrected chi connectivity index (χ3v) is 5.09. The van der Waals surface area contributed by atoms with Crippen LogP contribution in [0.1, 0.15) is 35.7 Å². The summed E-state index contributed by atoms with van der Waals surface area (Å²) < 4.78 is 0. The van der Waals surface area contributed by atoms with Gasteiger partial charge >= 0.3 is 12.0 Å². The molecule has 1 fully saturated rings. The lowest BCUT2D eigenvalue weighted by Crippen LogP contribution is -2.48. The molecule has 1 unspecified atom stereocenters. The van der Waals surface area contributed by atoms with E-state index in [9.17, 15) is 9.59 Å². The van der Waals surface area contributed by atoms with Gasteiger partial charge in [-0.2, -0.15) is 0 Å². The first-order chi connectivity index (χ1) is 12.9. The molecule has 0 aromatic heterocycles. The Labute approximate surface area is 161 Å². The molecule has 7 heteroatoms. The van der Waals surface area contributed by atoms with Crippen molar-refractivity contribution in [2.45, 2.75) is 32.4 Å². The van der Waals surface area contributed by atoms with Crippen molar-refractivity contribution in [3.8, 4) is 0 Å². The summed E-state index contributed by atoms with van der Waals surface area (Å²) in [6, 6.07) is 6.96. The molecule has 1 saturated heterocycles. The van der Waals surface area contributed by atoms with Crippen LogP contribution >= 0.6 is 0 Å². The van der Waals surface area contributed by atoms with Crippen molar-refractivity contribution in [3.05, 3.63) is 35.4 Å². The molecular formula is C20H32N4O3. The Kier molecular flexibility index (Phi) is 8.06. The fourth-order valence-electron chi connectivity index (χ4n) is 3.42. The van der Waals surface area contributed by atoms with E-state index in [4.69, 9.17) is 5.11 Å². The van der Waals surface area contributed by atoms with E-state index in [1.807, 2.05) is 19.0 Å². The van der Waals surface area contributed by atoms with E-state index in [-0.39, 0.29) is 11.6 Å². The lowest BCUT2D eigenvalue weighted by Gasteiger charge is -2.31. The molecule has 0 spiro atoms. The number of carboxylic acid groups (broad SMARTS) is 1. The van der Waals surface area contributed by atoms with Crippen LogP contribution in [-0.2, 0) is 6.54 Å². The van der Waals surface area contributed by atoms with E-state index in [2.05, 4.69) is 22.0 Å². The zero-order valence-electron chi connectivity index (χ0n) is 16.6. The van der Waals surface area contributed by atoms with E-state index >= 15 is 0 Å². The number of amides is 2. The number of carbonyl (C=O) groups excluding carboxylic acids is 1. The molecule has 0 saturated carbocycles. The average Bonchev–Trinajstić information content (AvgIpc) is 3.10. The van der Waals surface area contributed by atoms with Crippen molar-refractivity contribution >= 4 is 12.0 Å². The summed E-state index contributed by atoms with van der Waals surface area (Å²) in [7, 11) is 4.02. The first kappa shape index (κ1) is 21.2. The Hall–Kier alpha value is -2.12. The number of nitrogens with zero attached hydrogens (tertiary/aromatic N) is 3. The summed E-state index contributed by atoms with van der Waals surface area (Å²) in [5, 5.41) is 11.9. The number of hydrogen-bond donors (Lipinski definition) is 2. The molecule has 1 heterocycles. The van der Waals surface area contributed by atoms with Gasteiger partial charge < -0.3 is 20.2 Å². The largest absolute Gasteiger partial charge is 0.478 e. The predicted molar refractivity (Wildman–Crippen MR) is 106 cm³/mol. The molecule has 27 heavy (non-hydrogen) atoms. The van der Waals surface area contributed by atoms with Gasteiger partial charge in [0.1, 0.15) is 0 Å². The summed E-state index contributed by atoms with van der Waals surface area (Å²) in [5.41, 5.74) is 1.13. The summed E-state index contributed by atoms with van der Waals surface area (Å²) in [6.45, 7) is 6.93. The third kappa shape index (κ3) is 6.52. The van der Waals surface area contributed by atoms with Crippen molar-refractivity contribution in [2.75, 3.05) is 46.8 Å². The Bertz CT molecular complexity index is 618. The van der Waals surface area contributed by atoms with E-state index in [1.54, 1.807) is 24.3 Å². The zero-order chi connectivity index (χ0) is 19.8. The minimum Gasteiger partial charge on any atom is -0.478 e. The van der Waals surface area contributed by atoms with Gasteiger partial charge in [0, 0.05) is 32.2 Å². The number of nitrogens with one attached hydrogen (secondary N) is 1. The minimum atomic E-state index is -0.947. The molecule has 1 atom stereocenters. The number of carboxylic acids is 1. The molecule has 2 N–H and O–H groups in total. The second kappa shape index (κ2) is 10.3. The van der Waals surface area contributed by atoms with Gasteiger partial charge in [-0.15, -0.1) is 0 Å². The van der Waals surface area contributed by atoms with Crippen molar-refractivity contribution in [3.63, 3.8) is 0 Å². The highest BCUT2D eigenvalue weighted by molar-refractivity contribution is 5.87. The maximum Gasteiger partial charge on any atom is 0.335 e. The van der Waals surface area contributed by atoms with Crippen molar-refractivity contribution in [1.29, 1.82) is 0 Å². The number of carbonyl (C=O) groups is 2. The van der Waals surface area contributed by atoms with E-state index in [0.717, 1.165) is 38.2 Å². The van der Waals surface area contributed by atoms with Crippen LogP contribution < -0.4 is 5.32 Å². The van der Waals surface area contributed by atoms with Crippen LogP contribution in [0.3, 0.4) is 0 Å². The standard InChI is InChI=1S/C20H32N4O3/c1-4-23-11-5-6-18(23)15-24(13-12-22(2)3)20(27)21-14-16-7-9-17(10-8-16)19(25)26/h7-10,18H,4-6,11-15H2,1-3H3,(H,21,27)(H,25,26). The highest BCUT2D eigenvalue weighted by Gasteiger charge is 2.27. The lowest BCUT2D eigenvalue weighted by molar-refractivity contribution is 0.0697. The lowest BCUT2D eigenvalue weighted by atomic mass is 10.1. The first-order valence-corrected chi connectivity index (χ1v) is 9.64. The fraction of sp³-hybridized carbons (Fsp3) is 0.600. The van der Waals surface area contributed by atoms with Gasteiger partial charge in [-0.3, -0.25) is 4.90 Å². The number of aromatic carboxylic acids is 1. The maximum atomic E-state index is 12.8. The topological polar surface area (TPSA) is 76.1 Å². The van der Waals surface area contributed by atoms with Gasteiger partial charge in [0.2, 0.25) is 0 Å². The highest BCUT2D eigenvalue weighted by Crippen LogP contribution is 2.17. The third-order valence-electron chi connectivity index (χ3n) is 5.09. The zero-order valence-corrected chi connectivity index (χ0v) is 16.6. The van der Waals surface area contributed by atoms with Crippen LogP contribution in [0.2, 0.25) is 0 Å². The molecule has 150 valence electrons. The van der Waals surface area contributed by atoms with Crippen LogP contribution in [0.5, 0.6) is 0 Å². The van der Waals surface area contributed by atoms with Crippen molar-refractivity contribution < 1.29 is 14.7 Å². The summed E-state index contributed by atoms with van der Waals surface area (Å²) in [4.78, 5) is 30.1. The number of urea groups is 1. The molecule has 7 nitrogen and oxygen atoms in total. The number of rotatable bonds is 9. The molecule has 2 rings (SSSR count). The van der Waals surface area contributed by atoms with E-state index in [0.29, 0.717) is 19.1 Å². The average molecular weight is 377 g/mol. The van der Waals surface area contributed by atoms with Crippen LogP contribution in [0.4, 0.5) is 4.79 Å². The molecule has 1 aliphatic heterocycles. The second-order valence-corrected chi connectivity index (χ2v) is 7.33. The van der Waals surface area contributed by atoms with Gasteiger partial charge in [0.15, 0.2) is 0 Å². The normalized spacial score (nSPS) is 17.3. The smallest absolute Gasteiger partial charge is 0.335 e. The van der Waals surface area contributed by atoms with Crippen molar-refractivity contribution in [1.82, 2.24) is 20.0 Å². The summed E-state index contributed by atoms with van der Waals surface area (Å²) in [6.07, 6.45) is 2.33. The Morgan fingerprint density at radius 3 is 2.52 bits per heavy atom. The number of likely N-dealkylation sites (N-methyl/N-ethyl adjacent to an activating group) is 2. The monoisotopic (exact) mass is 376 g/mol. The predicted octanol–water partition coefficient (Wildman–Crippen LogP) is 1.94. The SMILES string of the molecule is CCN1CCCC1CN(CCN(C)C)C(=O)NCc1ccc(C(=O)O)cc1. The van der Waals surface area contributed by atoms with Gasteiger partial charge in [0.25, 0.3) is 0 Å². The number of likely N-dealkylation sites (tertiary alicyclic amines) is 1. The Balaban J connectivity index is 1.94. The quantitative estimate of drug-likeness (QED) is 0.689. The van der Waals surface area contributed by atoms with Crippen LogP contribution in [-0.4, -0.2) is 84.7 Å². The van der Waals surface area contributed by atoms with E-state index in [1.165, 1.54) is 6.42 Å². The van der Waals surface area contributed by atoms with Gasteiger partial charge in [-0.1, -0.05) is 19.1 Å². The highest BCUT2D eigenvalue weighted by atomic mass is 16.4. The molecule has 2 amide bonds. The molecule has 0 aliphatic carbocycles. The van der Waals surface area contributed by atoms with Crippen LogP contribution in [0, 0.1) is 0 Å². The van der Waals surface area contributed by atoms with Crippen LogP contribution in [0.15, 0.2) is 24.3 Å². The molecule has 0 bridgehead atoms. The molecule has 1 aliphatic rings. The molecular weight excluding hydrogens is 344 g/mol. The molecule has 1 aromatic carbocycles. The Morgan fingerprint density at radius 1 is 1.22 bits per heavy atom. The van der Waals surface area contributed by atoms with Crippen molar-refractivity contribution in [2.24, 2.45) is 0 Å². The van der Waals surface area contributed by atoms with Gasteiger partial charge in [-0.05, 0) is 57.7 Å². The first-order valence-electron chi connectivity index (χ1n) is 9.64. The molecule has 1 aromatic rings. The maximum absolute atomic E-state index is 12.8. The Morgan fingerprint density at radius 2 is 1.93 bits per heavy atom. The summed E-state index contributed by atoms with van der Waals surface area (Å²) >= 11 is 0. The van der Waals surface area contributed by atoms with Crippen LogP contribution in [0.25, 0.3) is 0 Å². The minimum absolute atomic E-state index is 0.0675. The molecule has 0 radical (unpaired) electrons. The van der Waals surface area contributed by atoms with Gasteiger partial charge in [-0.25, -0.2) is 9.59 Å². The summed E-state index contributed by atoms with van der Waals surface area (Å²) in [5.74, 6) is -0.947. The second-order valence-electron chi connectivity index (χ2n) is 7.33. The number of hydrogen-bond acceptors (Lipinski definition) is 4. The van der Waals surface area contributed by atoms with E-state index < -0.39 is 5.97 Å². The number of benzene rings is 1. The fourth-order valence-corrected chi connectivity index (χ4v) is 3.42. The van der Waals surface area contributed by atoms with Gasteiger partial charge in [0.05, 0.1) is 5.56 Å².